The SMILES string of the molecule is CC(CCOCCOc1ccccc1)(NC1CC1)C(N)=O. The van der Waals surface area contributed by atoms with E-state index in [1.165, 1.54) is 0 Å². The van der Waals surface area contributed by atoms with Crippen molar-refractivity contribution >= 4 is 5.91 Å². The summed E-state index contributed by atoms with van der Waals surface area (Å²) in [6, 6.07) is 10.0. The molecule has 116 valence electrons. The lowest BCUT2D eigenvalue weighted by Crippen LogP contribution is -2.54. The first-order chi connectivity index (χ1) is 10.1. The van der Waals surface area contributed by atoms with E-state index >= 15 is 0 Å². The highest BCUT2D eigenvalue weighted by atomic mass is 16.5. The fraction of sp³-hybridized carbons (Fsp3) is 0.562. The molecule has 0 radical (unpaired) electrons. The molecule has 0 saturated heterocycles. The van der Waals surface area contributed by atoms with Crippen LogP contribution in [0.1, 0.15) is 26.2 Å². The van der Waals surface area contributed by atoms with E-state index < -0.39 is 5.54 Å². The third kappa shape index (κ3) is 5.36. The predicted octanol–water partition coefficient (Wildman–Crippen LogP) is 1.47. The Labute approximate surface area is 125 Å². The first-order valence-corrected chi connectivity index (χ1v) is 7.43. The fourth-order valence-corrected chi connectivity index (χ4v) is 2.06. The number of carbonyl (C=O) groups is 1. The van der Waals surface area contributed by atoms with Gasteiger partial charge >= 0.3 is 0 Å². The van der Waals surface area contributed by atoms with Gasteiger partial charge in [-0.05, 0) is 38.3 Å². The van der Waals surface area contributed by atoms with Crippen LogP contribution in [0.4, 0.5) is 0 Å². The number of amides is 1. The Morgan fingerprint density at radius 2 is 2.00 bits per heavy atom. The van der Waals surface area contributed by atoms with Crippen LogP contribution in [-0.4, -0.2) is 37.3 Å². The molecule has 5 heteroatoms. The molecule has 0 spiro atoms. The standard InChI is InChI=1S/C16H24N2O3/c1-16(15(17)19,18-13-7-8-13)9-10-20-11-12-21-14-5-3-2-4-6-14/h2-6,13,18H,7-12H2,1H3,(H2,17,19). The smallest absolute Gasteiger partial charge is 0.237 e. The minimum Gasteiger partial charge on any atom is -0.491 e. The number of carbonyl (C=O) groups excluding carboxylic acids is 1. The van der Waals surface area contributed by atoms with E-state index in [4.69, 9.17) is 15.2 Å². The molecule has 2 rings (SSSR count). The van der Waals surface area contributed by atoms with Crippen molar-refractivity contribution in [2.75, 3.05) is 19.8 Å². The average molecular weight is 292 g/mol. The maximum absolute atomic E-state index is 11.6. The minimum atomic E-state index is -0.679. The molecular weight excluding hydrogens is 268 g/mol. The average Bonchev–Trinajstić information content (AvgIpc) is 3.27. The van der Waals surface area contributed by atoms with Gasteiger partial charge in [0.1, 0.15) is 12.4 Å². The number of ether oxygens (including phenoxy) is 2. The highest BCUT2D eigenvalue weighted by Crippen LogP contribution is 2.24. The van der Waals surface area contributed by atoms with Gasteiger partial charge in [-0.2, -0.15) is 0 Å². The highest BCUT2D eigenvalue weighted by Gasteiger charge is 2.36. The zero-order chi connectivity index (χ0) is 15.1. The van der Waals surface area contributed by atoms with Gasteiger partial charge in [-0.15, -0.1) is 0 Å². The zero-order valence-electron chi connectivity index (χ0n) is 12.5. The van der Waals surface area contributed by atoms with Crippen LogP contribution in [0.3, 0.4) is 0 Å². The number of nitrogens with one attached hydrogen (secondary N) is 1. The number of rotatable bonds is 10. The van der Waals surface area contributed by atoms with Gasteiger partial charge in [0.15, 0.2) is 0 Å². The van der Waals surface area contributed by atoms with E-state index in [1.807, 2.05) is 37.3 Å². The molecule has 1 unspecified atom stereocenters. The van der Waals surface area contributed by atoms with E-state index in [0.29, 0.717) is 32.3 Å². The molecule has 1 aliphatic rings. The van der Waals surface area contributed by atoms with Gasteiger partial charge in [0.2, 0.25) is 5.91 Å². The number of hydrogen-bond donors (Lipinski definition) is 2. The Morgan fingerprint density at radius 1 is 1.29 bits per heavy atom. The lowest BCUT2D eigenvalue weighted by Gasteiger charge is -2.27. The molecule has 1 aromatic rings. The highest BCUT2D eigenvalue weighted by molar-refractivity contribution is 5.84. The first-order valence-electron chi connectivity index (χ1n) is 7.43. The van der Waals surface area contributed by atoms with Gasteiger partial charge in [0.25, 0.3) is 0 Å². The van der Waals surface area contributed by atoms with Crippen LogP contribution in [-0.2, 0) is 9.53 Å². The number of para-hydroxylation sites is 1. The third-order valence-electron chi connectivity index (χ3n) is 3.63. The molecule has 0 aliphatic heterocycles. The van der Waals surface area contributed by atoms with E-state index in [9.17, 15) is 4.79 Å². The molecule has 5 nitrogen and oxygen atoms in total. The van der Waals surface area contributed by atoms with Crippen molar-refractivity contribution in [3.63, 3.8) is 0 Å². The second kappa shape index (κ2) is 7.43. The summed E-state index contributed by atoms with van der Waals surface area (Å²) >= 11 is 0. The molecule has 1 fully saturated rings. The zero-order valence-corrected chi connectivity index (χ0v) is 12.5. The molecule has 1 saturated carbocycles. The van der Waals surface area contributed by atoms with Crippen molar-refractivity contribution < 1.29 is 14.3 Å². The second-order valence-corrected chi connectivity index (χ2v) is 5.64. The van der Waals surface area contributed by atoms with Crippen LogP contribution in [0.25, 0.3) is 0 Å². The summed E-state index contributed by atoms with van der Waals surface area (Å²) in [5.74, 6) is 0.511. The van der Waals surface area contributed by atoms with Crippen LogP contribution < -0.4 is 15.8 Å². The molecule has 3 N–H and O–H groups in total. The van der Waals surface area contributed by atoms with Crippen molar-refractivity contribution in [3.05, 3.63) is 30.3 Å². The number of nitrogens with two attached hydrogens (primary N) is 1. The van der Waals surface area contributed by atoms with Gasteiger partial charge in [-0.3, -0.25) is 4.79 Å². The Kier molecular flexibility index (Phi) is 5.59. The number of benzene rings is 1. The van der Waals surface area contributed by atoms with E-state index in [-0.39, 0.29) is 5.91 Å². The van der Waals surface area contributed by atoms with Gasteiger partial charge in [0.05, 0.1) is 12.1 Å². The molecule has 1 amide bonds. The summed E-state index contributed by atoms with van der Waals surface area (Å²) in [4.78, 5) is 11.6. The van der Waals surface area contributed by atoms with Crippen LogP contribution in [0, 0.1) is 0 Å². The number of primary amides is 1. The van der Waals surface area contributed by atoms with E-state index in [2.05, 4.69) is 5.32 Å². The summed E-state index contributed by atoms with van der Waals surface area (Å²) < 4.78 is 11.1. The predicted molar refractivity (Wildman–Crippen MR) is 81.1 cm³/mol. The second-order valence-electron chi connectivity index (χ2n) is 5.64. The summed E-state index contributed by atoms with van der Waals surface area (Å²) in [7, 11) is 0. The minimum absolute atomic E-state index is 0.321. The third-order valence-corrected chi connectivity index (χ3v) is 3.63. The largest absolute Gasteiger partial charge is 0.491 e. The van der Waals surface area contributed by atoms with Gasteiger partial charge in [0, 0.05) is 12.6 Å². The Hall–Kier alpha value is -1.59. The molecule has 21 heavy (non-hydrogen) atoms. The van der Waals surface area contributed by atoms with Crippen molar-refractivity contribution in [3.8, 4) is 5.75 Å². The van der Waals surface area contributed by atoms with Crippen LogP contribution in [0.15, 0.2) is 30.3 Å². The van der Waals surface area contributed by atoms with E-state index in [1.54, 1.807) is 0 Å². The van der Waals surface area contributed by atoms with Gasteiger partial charge < -0.3 is 20.5 Å². The molecule has 1 atom stereocenters. The Bertz CT molecular complexity index is 448. The van der Waals surface area contributed by atoms with Crippen molar-refractivity contribution in [1.29, 1.82) is 0 Å². The fourth-order valence-electron chi connectivity index (χ4n) is 2.06. The monoisotopic (exact) mass is 292 g/mol. The maximum atomic E-state index is 11.6. The van der Waals surface area contributed by atoms with E-state index in [0.717, 1.165) is 18.6 Å². The first kappa shape index (κ1) is 15.8. The summed E-state index contributed by atoms with van der Waals surface area (Å²) in [5.41, 5.74) is 4.80. The summed E-state index contributed by atoms with van der Waals surface area (Å²) in [5, 5.41) is 3.30. The lowest BCUT2D eigenvalue weighted by atomic mass is 9.97. The van der Waals surface area contributed by atoms with Crippen LogP contribution in [0.5, 0.6) is 5.75 Å². The quantitative estimate of drug-likeness (QED) is 0.640. The Morgan fingerprint density at radius 3 is 2.62 bits per heavy atom. The van der Waals surface area contributed by atoms with Crippen LogP contribution >= 0.6 is 0 Å². The van der Waals surface area contributed by atoms with Crippen molar-refractivity contribution in [2.45, 2.75) is 37.8 Å². The molecular formula is C16H24N2O3. The molecule has 0 aromatic heterocycles. The topological polar surface area (TPSA) is 73.6 Å². The lowest BCUT2D eigenvalue weighted by molar-refractivity contribution is -0.124. The van der Waals surface area contributed by atoms with Gasteiger partial charge in [-0.1, -0.05) is 18.2 Å². The molecule has 1 aromatic carbocycles. The summed E-state index contributed by atoms with van der Waals surface area (Å²) in [6.45, 7) is 3.31. The molecule has 1 aliphatic carbocycles. The summed E-state index contributed by atoms with van der Waals surface area (Å²) in [6.07, 6.45) is 2.81. The van der Waals surface area contributed by atoms with Gasteiger partial charge in [-0.25, -0.2) is 0 Å². The molecule has 0 bridgehead atoms. The van der Waals surface area contributed by atoms with Crippen molar-refractivity contribution in [2.24, 2.45) is 5.73 Å². The molecule has 0 heterocycles. The Balaban J connectivity index is 1.60. The van der Waals surface area contributed by atoms with Crippen molar-refractivity contribution in [1.82, 2.24) is 5.32 Å². The van der Waals surface area contributed by atoms with Crippen LogP contribution in [0.2, 0.25) is 0 Å². The maximum Gasteiger partial charge on any atom is 0.237 e. The number of hydrogen-bond acceptors (Lipinski definition) is 4. The normalized spacial score (nSPS) is 17.2.